The summed E-state index contributed by atoms with van der Waals surface area (Å²) in [7, 11) is 0. The fraction of sp³-hybridized carbons (Fsp3) is 0.467. The number of benzene rings is 1. The molecule has 0 aliphatic carbocycles. The van der Waals surface area contributed by atoms with Gasteiger partial charge < -0.3 is 9.64 Å². The van der Waals surface area contributed by atoms with Crippen molar-refractivity contribution in [3.05, 3.63) is 40.5 Å². The minimum Gasteiger partial charge on any atom is -0.444 e. The Labute approximate surface area is 118 Å². The van der Waals surface area contributed by atoms with Crippen molar-refractivity contribution in [2.75, 3.05) is 6.54 Å². The van der Waals surface area contributed by atoms with E-state index in [4.69, 9.17) is 11.3 Å². The van der Waals surface area contributed by atoms with Gasteiger partial charge in [-0.3, -0.25) is 0 Å². The molecule has 5 heteroatoms. The van der Waals surface area contributed by atoms with Crippen LogP contribution in [-0.4, -0.2) is 23.1 Å². The molecule has 1 aliphatic heterocycles. The number of carbonyl (C=O) groups is 1. The minimum atomic E-state index is -0.566. The summed E-state index contributed by atoms with van der Waals surface area (Å²) in [5.41, 5.74) is 1.02. The predicted molar refractivity (Wildman–Crippen MR) is 73.0 cm³/mol. The zero-order valence-electron chi connectivity index (χ0n) is 11.9. The Morgan fingerprint density at radius 2 is 2.15 bits per heavy atom. The number of hydrogen-bond acceptors (Lipinski definition) is 2. The van der Waals surface area contributed by atoms with Crippen molar-refractivity contribution in [1.29, 1.82) is 0 Å². The molecule has 1 aromatic carbocycles. The highest BCUT2D eigenvalue weighted by Crippen LogP contribution is 2.27. The van der Waals surface area contributed by atoms with Gasteiger partial charge in [-0.2, -0.15) is 0 Å². The van der Waals surface area contributed by atoms with Crippen molar-refractivity contribution >= 4 is 11.8 Å². The second kappa shape index (κ2) is 5.12. The average Bonchev–Trinajstić information content (AvgIpc) is 2.36. The van der Waals surface area contributed by atoms with Gasteiger partial charge in [-0.15, -0.1) is 0 Å². The smallest absolute Gasteiger partial charge is 0.410 e. The first-order chi connectivity index (χ1) is 9.30. The fourth-order valence-corrected chi connectivity index (χ4v) is 2.15. The largest absolute Gasteiger partial charge is 0.444 e. The maximum Gasteiger partial charge on any atom is 0.410 e. The zero-order chi connectivity index (χ0) is 14.9. The van der Waals surface area contributed by atoms with Crippen LogP contribution in [0.2, 0.25) is 0 Å². The van der Waals surface area contributed by atoms with E-state index < -0.39 is 17.5 Å². The Bertz CT molecular complexity index is 585. The molecular formula is C15H17FN2O2. The van der Waals surface area contributed by atoms with Crippen molar-refractivity contribution in [2.45, 2.75) is 39.3 Å². The van der Waals surface area contributed by atoms with E-state index in [1.807, 2.05) is 0 Å². The lowest BCUT2D eigenvalue weighted by molar-refractivity contribution is 0.0222. The summed E-state index contributed by atoms with van der Waals surface area (Å²) in [5.74, 6) is -0.429. The second-order valence-electron chi connectivity index (χ2n) is 5.83. The highest BCUT2D eigenvalue weighted by Gasteiger charge is 2.27. The highest BCUT2D eigenvalue weighted by molar-refractivity contribution is 5.69. The Morgan fingerprint density at radius 1 is 1.45 bits per heavy atom. The number of halogens is 1. The molecule has 1 aromatic rings. The second-order valence-corrected chi connectivity index (χ2v) is 5.83. The van der Waals surface area contributed by atoms with Crippen molar-refractivity contribution in [2.24, 2.45) is 0 Å². The molecule has 106 valence electrons. The highest BCUT2D eigenvalue weighted by atomic mass is 19.1. The summed E-state index contributed by atoms with van der Waals surface area (Å²) < 4.78 is 19.3. The number of hydrogen-bond donors (Lipinski definition) is 0. The lowest BCUT2D eigenvalue weighted by atomic mass is 9.98. The molecule has 1 heterocycles. The third-order valence-corrected chi connectivity index (χ3v) is 3.05. The van der Waals surface area contributed by atoms with Crippen LogP contribution in [0.25, 0.3) is 4.85 Å². The molecule has 0 saturated heterocycles. The normalized spacial score (nSPS) is 14.4. The van der Waals surface area contributed by atoms with Crippen LogP contribution in [0.15, 0.2) is 12.1 Å². The van der Waals surface area contributed by atoms with Gasteiger partial charge in [-0.05, 0) is 38.8 Å². The van der Waals surface area contributed by atoms with Crippen LogP contribution in [0.5, 0.6) is 0 Å². The molecule has 0 fully saturated rings. The number of ether oxygens (including phenoxy) is 1. The molecule has 0 N–H and O–H groups in total. The van der Waals surface area contributed by atoms with Crippen molar-refractivity contribution in [3.63, 3.8) is 0 Å². The number of amides is 1. The third-order valence-electron chi connectivity index (χ3n) is 3.05. The number of fused-ring (bicyclic) bond motifs is 1. The lowest BCUT2D eigenvalue weighted by Gasteiger charge is -2.31. The number of carbonyl (C=O) groups excluding carboxylic acids is 1. The van der Waals surface area contributed by atoms with Crippen molar-refractivity contribution in [1.82, 2.24) is 4.90 Å². The topological polar surface area (TPSA) is 33.9 Å². The summed E-state index contributed by atoms with van der Waals surface area (Å²) in [6.45, 7) is 13.0. The van der Waals surface area contributed by atoms with E-state index in [1.165, 1.54) is 11.0 Å². The van der Waals surface area contributed by atoms with Gasteiger partial charge in [0.15, 0.2) is 5.69 Å². The van der Waals surface area contributed by atoms with E-state index in [2.05, 4.69) is 4.85 Å². The summed E-state index contributed by atoms with van der Waals surface area (Å²) >= 11 is 0. The molecule has 0 atom stereocenters. The van der Waals surface area contributed by atoms with Crippen LogP contribution < -0.4 is 0 Å². The van der Waals surface area contributed by atoms with E-state index in [0.717, 1.165) is 5.56 Å². The van der Waals surface area contributed by atoms with E-state index in [9.17, 15) is 9.18 Å². The molecule has 4 nitrogen and oxygen atoms in total. The molecule has 0 radical (unpaired) electrons. The van der Waals surface area contributed by atoms with E-state index in [-0.39, 0.29) is 6.54 Å². The quantitative estimate of drug-likeness (QED) is 0.677. The van der Waals surface area contributed by atoms with E-state index >= 15 is 0 Å². The van der Waals surface area contributed by atoms with Crippen LogP contribution in [0.3, 0.4) is 0 Å². The summed E-state index contributed by atoms with van der Waals surface area (Å²) in [6.07, 6.45) is 0.103. The zero-order valence-corrected chi connectivity index (χ0v) is 11.9. The van der Waals surface area contributed by atoms with Crippen LogP contribution in [0.4, 0.5) is 14.9 Å². The summed E-state index contributed by atoms with van der Waals surface area (Å²) in [4.78, 5) is 16.7. The van der Waals surface area contributed by atoms with Crippen LogP contribution in [0, 0.1) is 12.4 Å². The van der Waals surface area contributed by atoms with Crippen LogP contribution in [0.1, 0.15) is 31.9 Å². The van der Waals surface area contributed by atoms with Gasteiger partial charge in [-0.1, -0.05) is 6.07 Å². The standard InChI is InChI=1S/C15H17FN2O2/c1-15(2,3)20-14(19)18-6-5-10-7-11(17-4)8-13(16)12(10)9-18/h7-8H,5-6,9H2,1-3H3. The molecule has 1 aliphatic rings. The maximum absolute atomic E-state index is 14.0. The maximum atomic E-state index is 14.0. The molecule has 1 amide bonds. The van der Waals surface area contributed by atoms with Gasteiger partial charge in [0.1, 0.15) is 11.4 Å². The molecule has 0 bridgehead atoms. The Kier molecular flexibility index (Phi) is 3.67. The van der Waals surface area contributed by atoms with Gasteiger partial charge >= 0.3 is 6.09 Å². The Balaban J connectivity index is 2.20. The van der Waals surface area contributed by atoms with E-state index in [1.54, 1.807) is 26.8 Å². The monoisotopic (exact) mass is 276 g/mol. The SMILES string of the molecule is [C-]#[N+]c1cc(F)c2c(c1)CCN(C(=O)OC(C)(C)C)C2. The van der Waals surface area contributed by atoms with Gasteiger partial charge in [0.05, 0.1) is 13.1 Å². The van der Waals surface area contributed by atoms with Crippen LogP contribution >= 0.6 is 0 Å². The van der Waals surface area contributed by atoms with Gasteiger partial charge in [0, 0.05) is 12.1 Å². The van der Waals surface area contributed by atoms with Crippen molar-refractivity contribution < 1.29 is 13.9 Å². The van der Waals surface area contributed by atoms with E-state index in [0.29, 0.717) is 24.2 Å². The molecule has 0 aromatic heterocycles. The molecule has 20 heavy (non-hydrogen) atoms. The third kappa shape index (κ3) is 3.08. The molecule has 0 unspecified atom stereocenters. The first-order valence-electron chi connectivity index (χ1n) is 6.47. The van der Waals surface area contributed by atoms with Crippen molar-refractivity contribution in [3.8, 4) is 0 Å². The van der Waals surface area contributed by atoms with Gasteiger partial charge in [-0.25, -0.2) is 14.0 Å². The molecule has 0 spiro atoms. The number of rotatable bonds is 0. The Morgan fingerprint density at radius 3 is 2.75 bits per heavy atom. The summed E-state index contributed by atoms with van der Waals surface area (Å²) in [6, 6.07) is 2.91. The van der Waals surface area contributed by atoms with Gasteiger partial charge in [0.25, 0.3) is 0 Å². The fourth-order valence-electron chi connectivity index (χ4n) is 2.15. The predicted octanol–water partition coefficient (Wildman–Crippen LogP) is 3.67. The first kappa shape index (κ1) is 14.3. The molecule has 0 saturated carbocycles. The molecule has 2 rings (SSSR count). The number of nitrogens with zero attached hydrogens (tertiary/aromatic N) is 2. The first-order valence-corrected chi connectivity index (χ1v) is 6.47. The van der Waals surface area contributed by atoms with Gasteiger partial charge in [0.2, 0.25) is 0 Å². The average molecular weight is 276 g/mol. The van der Waals surface area contributed by atoms with Crippen LogP contribution in [-0.2, 0) is 17.7 Å². The lowest BCUT2D eigenvalue weighted by Crippen LogP contribution is -2.40. The minimum absolute atomic E-state index is 0.189. The Hall–Kier alpha value is -2.09. The molecular weight excluding hydrogens is 259 g/mol. The summed E-state index contributed by atoms with van der Waals surface area (Å²) in [5, 5.41) is 0.